The molecular weight excluding hydrogens is 442 g/mol. The van der Waals surface area contributed by atoms with Crippen molar-refractivity contribution < 1.29 is 14.1 Å². The van der Waals surface area contributed by atoms with Crippen LogP contribution in [0.1, 0.15) is 28.7 Å². The van der Waals surface area contributed by atoms with E-state index in [4.69, 9.17) is 16.1 Å². The Labute approximate surface area is 196 Å². The van der Waals surface area contributed by atoms with Crippen LogP contribution in [0.5, 0.6) is 0 Å². The van der Waals surface area contributed by atoms with Crippen molar-refractivity contribution in [2.24, 2.45) is 0 Å². The van der Waals surface area contributed by atoms with Gasteiger partial charge in [-0.15, -0.1) is 0 Å². The number of piperazine rings is 1. The van der Waals surface area contributed by atoms with Crippen molar-refractivity contribution in [1.82, 2.24) is 19.9 Å². The number of nitrogens with zero attached hydrogens (tertiary/aromatic N) is 5. The summed E-state index contributed by atoms with van der Waals surface area (Å²) < 4.78 is 5.42. The molecule has 3 heterocycles. The van der Waals surface area contributed by atoms with Crippen LogP contribution < -0.4 is 4.90 Å². The topological polar surface area (TPSA) is 82.8 Å². The summed E-state index contributed by atoms with van der Waals surface area (Å²) in [5.41, 5.74) is 3.51. The maximum atomic E-state index is 13.0. The molecule has 2 aliphatic rings. The number of hydrogen-bond acceptors (Lipinski definition) is 6. The third kappa shape index (κ3) is 4.49. The number of amides is 2. The number of carbonyl (C=O) groups excluding carboxylic acids is 2. The molecule has 2 aliphatic heterocycles. The highest BCUT2D eigenvalue weighted by Gasteiger charge is 2.26. The fraction of sp³-hybridized carbons (Fsp3) is 0.333. The minimum atomic E-state index is 0.0292. The zero-order valence-electron chi connectivity index (χ0n) is 18.3. The van der Waals surface area contributed by atoms with Crippen LogP contribution in [0.2, 0.25) is 5.02 Å². The number of halogens is 1. The van der Waals surface area contributed by atoms with Crippen molar-refractivity contribution >= 4 is 29.1 Å². The van der Waals surface area contributed by atoms with Gasteiger partial charge in [0.1, 0.15) is 0 Å². The predicted molar refractivity (Wildman–Crippen MR) is 124 cm³/mol. The van der Waals surface area contributed by atoms with E-state index in [2.05, 4.69) is 15.0 Å². The van der Waals surface area contributed by atoms with Gasteiger partial charge in [0.05, 0.1) is 6.54 Å². The summed E-state index contributed by atoms with van der Waals surface area (Å²) in [5, 5.41) is 4.72. The van der Waals surface area contributed by atoms with Gasteiger partial charge in [-0.05, 0) is 54.4 Å². The largest absolute Gasteiger partial charge is 0.338 e. The summed E-state index contributed by atoms with van der Waals surface area (Å²) in [6.45, 7) is 5.52. The van der Waals surface area contributed by atoms with E-state index in [1.54, 1.807) is 24.0 Å². The van der Waals surface area contributed by atoms with Crippen molar-refractivity contribution in [2.45, 2.75) is 19.9 Å². The van der Waals surface area contributed by atoms with Gasteiger partial charge in [0.25, 0.3) is 5.91 Å². The van der Waals surface area contributed by atoms with Gasteiger partial charge in [0.15, 0.2) is 0 Å². The first kappa shape index (κ1) is 21.6. The van der Waals surface area contributed by atoms with Gasteiger partial charge in [-0.25, -0.2) is 0 Å². The Kier molecular flexibility index (Phi) is 5.86. The van der Waals surface area contributed by atoms with Crippen LogP contribution in [-0.2, 0) is 17.8 Å². The van der Waals surface area contributed by atoms with E-state index in [1.807, 2.05) is 35.2 Å². The number of carbonyl (C=O) groups is 2. The zero-order valence-corrected chi connectivity index (χ0v) is 19.1. The van der Waals surface area contributed by atoms with Crippen molar-refractivity contribution in [1.29, 1.82) is 0 Å². The average molecular weight is 466 g/mol. The normalized spacial score (nSPS) is 16.2. The van der Waals surface area contributed by atoms with Crippen LogP contribution in [0, 0.1) is 0 Å². The van der Waals surface area contributed by atoms with E-state index in [9.17, 15) is 9.59 Å². The summed E-state index contributed by atoms with van der Waals surface area (Å²) >= 11 is 5.94. The number of rotatable bonds is 4. The number of hydrogen-bond donors (Lipinski definition) is 0. The van der Waals surface area contributed by atoms with Gasteiger partial charge in [-0.2, -0.15) is 4.98 Å². The molecule has 33 heavy (non-hydrogen) atoms. The fourth-order valence-corrected chi connectivity index (χ4v) is 4.51. The van der Waals surface area contributed by atoms with Crippen molar-refractivity contribution in [2.75, 3.05) is 37.6 Å². The monoisotopic (exact) mass is 465 g/mol. The lowest BCUT2D eigenvalue weighted by atomic mass is 10.1. The highest BCUT2D eigenvalue weighted by atomic mass is 35.5. The smallest absolute Gasteiger partial charge is 0.253 e. The number of anilines is 1. The Bertz CT molecular complexity index is 1190. The van der Waals surface area contributed by atoms with Crippen molar-refractivity contribution in [3.8, 4) is 11.4 Å². The van der Waals surface area contributed by atoms with E-state index in [-0.39, 0.29) is 11.8 Å². The molecule has 0 atom stereocenters. The number of aromatic nitrogens is 2. The molecule has 1 saturated heterocycles. The summed E-state index contributed by atoms with van der Waals surface area (Å²) in [4.78, 5) is 35.1. The van der Waals surface area contributed by atoms with E-state index < -0.39 is 0 Å². The molecule has 0 aliphatic carbocycles. The molecule has 9 heteroatoms. The van der Waals surface area contributed by atoms with E-state index in [0.717, 1.165) is 36.3 Å². The van der Waals surface area contributed by atoms with Crippen molar-refractivity contribution in [3.63, 3.8) is 0 Å². The molecule has 0 unspecified atom stereocenters. The van der Waals surface area contributed by atoms with Crippen LogP contribution >= 0.6 is 11.6 Å². The molecule has 5 rings (SSSR count). The quantitative estimate of drug-likeness (QED) is 0.588. The summed E-state index contributed by atoms with van der Waals surface area (Å²) in [7, 11) is 0. The lowest BCUT2D eigenvalue weighted by molar-refractivity contribution is -0.116. The van der Waals surface area contributed by atoms with Gasteiger partial charge in [-0.3, -0.25) is 14.5 Å². The second-order valence-electron chi connectivity index (χ2n) is 8.35. The number of fused-ring (bicyclic) bond motifs is 1. The average Bonchev–Trinajstić information content (AvgIpc) is 3.46. The van der Waals surface area contributed by atoms with Gasteiger partial charge in [0.2, 0.25) is 17.6 Å². The number of benzene rings is 2. The summed E-state index contributed by atoms with van der Waals surface area (Å²) in [5.74, 6) is 1.15. The fourth-order valence-electron chi connectivity index (χ4n) is 4.38. The molecule has 2 amide bonds. The minimum Gasteiger partial charge on any atom is -0.338 e. The molecule has 0 radical (unpaired) electrons. The Hall–Kier alpha value is -3.23. The standard InChI is InChI=1S/C24H24ClN5O3/c1-16(31)30-9-8-18-14-19(4-7-21(18)30)24(32)29-12-10-28(11-13-29)15-22-26-23(27-33-22)17-2-5-20(25)6-3-17/h2-7,14H,8-13,15H2,1H3. The third-order valence-corrected chi connectivity index (χ3v) is 6.44. The SMILES string of the molecule is CC(=O)N1CCc2cc(C(=O)N3CCN(Cc4nc(-c5ccc(Cl)cc5)no4)CC3)ccc21. The van der Waals surface area contributed by atoms with Crippen LogP contribution in [0.3, 0.4) is 0 Å². The highest BCUT2D eigenvalue weighted by Crippen LogP contribution is 2.29. The van der Waals surface area contributed by atoms with Crippen LogP contribution in [-0.4, -0.2) is 64.5 Å². The second-order valence-corrected chi connectivity index (χ2v) is 8.79. The van der Waals surface area contributed by atoms with Crippen LogP contribution in [0.4, 0.5) is 5.69 Å². The molecule has 1 aromatic heterocycles. The van der Waals surface area contributed by atoms with Gasteiger partial charge >= 0.3 is 0 Å². The Morgan fingerprint density at radius 2 is 1.79 bits per heavy atom. The van der Waals surface area contributed by atoms with E-state index in [0.29, 0.717) is 48.5 Å². The van der Waals surface area contributed by atoms with Gasteiger partial charge in [-0.1, -0.05) is 16.8 Å². The molecule has 0 saturated carbocycles. The lowest BCUT2D eigenvalue weighted by Gasteiger charge is -2.34. The molecule has 170 valence electrons. The molecule has 0 N–H and O–H groups in total. The highest BCUT2D eigenvalue weighted by molar-refractivity contribution is 6.30. The minimum absolute atomic E-state index is 0.0292. The molecule has 0 spiro atoms. The first-order chi connectivity index (χ1) is 16.0. The maximum Gasteiger partial charge on any atom is 0.253 e. The first-order valence-electron chi connectivity index (χ1n) is 11.0. The zero-order chi connectivity index (χ0) is 22.9. The van der Waals surface area contributed by atoms with E-state index in [1.165, 1.54) is 0 Å². The molecule has 2 aromatic carbocycles. The van der Waals surface area contributed by atoms with Gasteiger partial charge < -0.3 is 14.3 Å². The molecule has 1 fully saturated rings. The molecule has 3 aromatic rings. The van der Waals surface area contributed by atoms with Crippen LogP contribution in [0.15, 0.2) is 47.0 Å². The lowest BCUT2D eigenvalue weighted by Crippen LogP contribution is -2.48. The third-order valence-electron chi connectivity index (χ3n) is 6.19. The maximum absolute atomic E-state index is 13.0. The Balaban J connectivity index is 1.17. The second kappa shape index (κ2) is 8.96. The van der Waals surface area contributed by atoms with Crippen LogP contribution in [0.25, 0.3) is 11.4 Å². The first-order valence-corrected chi connectivity index (χ1v) is 11.4. The molecule has 0 bridgehead atoms. The summed E-state index contributed by atoms with van der Waals surface area (Å²) in [6, 6.07) is 13.0. The predicted octanol–water partition coefficient (Wildman–Crippen LogP) is 3.26. The summed E-state index contributed by atoms with van der Waals surface area (Å²) in [6.07, 6.45) is 0.784. The molecular formula is C24H24ClN5O3. The Morgan fingerprint density at radius 3 is 2.52 bits per heavy atom. The molecule has 8 nitrogen and oxygen atoms in total. The Morgan fingerprint density at radius 1 is 1.03 bits per heavy atom. The van der Waals surface area contributed by atoms with Crippen molar-refractivity contribution in [3.05, 3.63) is 64.5 Å². The van der Waals surface area contributed by atoms with Gasteiger partial charge in [0, 0.05) is 61.5 Å². The van der Waals surface area contributed by atoms with E-state index >= 15 is 0 Å².